The molecule has 1 rings (SSSR count). The van der Waals surface area contributed by atoms with Crippen molar-refractivity contribution in [2.75, 3.05) is 6.61 Å². The van der Waals surface area contributed by atoms with Crippen LogP contribution in [0, 0.1) is 11.8 Å². The maximum Gasteiger partial charge on any atom is 0.308 e. The topological polar surface area (TPSA) is 26.3 Å². The predicted molar refractivity (Wildman–Crippen MR) is 70.8 cm³/mol. The highest BCUT2D eigenvalue weighted by molar-refractivity contribution is 5.72. The van der Waals surface area contributed by atoms with Gasteiger partial charge < -0.3 is 4.74 Å². The molecule has 2 nitrogen and oxygen atoms in total. The van der Waals surface area contributed by atoms with Gasteiger partial charge >= 0.3 is 5.97 Å². The molecule has 0 bridgehead atoms. The Morgan fingerprint density at radius 2 is 1.82 bits per heavy atom. The highest BCUT2D eigenvalue weighted by Crippen LogP contribution is 2.24. The van der Waals surface area contributed by atoms with Crippen LogP contribution < -0.4 is 0 Å². The van der Waals surface area contributed by atoms with Crippen molar-refractivity contribution in [3.63, 3.8) is 0 Å². The van der Waals surface area contributed by atoms with Gasteiger partial charge in [-0.1, -0.05) is 52.4 Å². The summed E-state index contributed by atoms with van der Waals surface area (Å²) in [5.41, 5.74) is 0. The first-order valence-corrected chi connectivity index (χ1v) is 7.37. The van der Waals surface area contributed by atoms with E-state index in [9.17, 15) is 4.79 Å². The monoisotopic (exact) mass is 240 g/mol. The summed E-state index contributed by atoms with van der Waals surface area (Å²) >= 11 is 0. The highest BCUT2D eigenvalue weighted by Gasteiger charge is 2.21. The van der Waals surface area contributed by atoms with Crippen LogP contribution in [0.4, 0.5) is 0 Å². The molecule has 0 unspecified atom stereocenters. The van der Waals surface area contributed by atoms with Crippen molar-refractivity contribution in [2.45, 2.75) is 71.6 Å². The SMILES string of the molecule is CC(C)CCCCCOC(=O)C1CCCCC1. The fourth-order valence-corrected chi connectivity index (χ4v) is 2.46. The van der Waals surface area contributed by atoms with Crippen LogP contribution in [0.25, 0.3) is 0 Å². The second-order valence-electron chi connectivity index (χ2n) is 5.75. The molecule has 0 aromatic carbocycles. The molecule has 1 aliphatic carbocycles. The second kappa shape index (κ2) is 8.54. The van der Waals surface area contributed by atoms with Crippen molar-refractivity contribution in [1.82, 2.24) is 0 Å². The third-order valence-electron chi connectivity index (χ3n) is 3.61. The lowest BCUT2D eigenvalue weighted by molar-refractivity contribution is -0.149. The molecule has 1 aliphatic rings. The lowest BCUT2D eigenvalue weighted by Crippen LogP contribution is -2.20. The van der Waals surface area contributed by atoms with E-state index in [1.54, 1.807) is 0 Å². The van der Waals surface area contributed by atoms with E-state index in [4.69, 9.17) is 4.74 Å². The van der Waals surface area contributed by atoms with Gasteiger partial charge in [-0.3, -0.25) is 4.79 Å². The van der Waals surface area contributed by atoms with E-state index < -0.39 is 0 Å². The first-order valence-electron chi connectivity index (χ1n) is 7.37. The van der Waals surface area contributed by atoms with E-state index in [1.807, 2.05) is 0 Å². The maximum absolute atomic E-state index is 11.7. The fraction of sp³-hybridized carbons (Fsp3) is 0.933. The molecular weight excluding hydrogens is 212 g/mol. The zero-order chi connectivity index (χ0) is 12.5. The van der Waals surface area contributed by atoms with E-state index >= 15 is 0 Å². The van der Waals surface area contributed by atoms with Gasteiger partial charge in [-0.15, -0.1) is 0 Å². The van der Waals surface area contributed by atoms with Gasteiger partial charge in [-0.05, 0) is 25.2 Å². The third-order valence-corrected chi connectivity index (χ3v) is 3.61. The van der Waals surface area contributed by atoms with Gasteiger partial charge in [0, 0.05) is 0 Å². The minimum Gasteiger partial charge on any atom is -0.465 e. The lowest BCUT2D eigenvalue weighted by atomic mass is 9.89. The van der Waals surface area contributed by atoms with Crippen LogP contribution in [0.5, 0.6) is 0 Å². The quantitative estimate of drug-likeness (QED) is 0.489. The number of carbonyl (C=O) groups excluding carboxylic acids is 1. The summed E-state index contributed by atoms with van der Waals surface area (Å²) in [6.07, 6.45) is 10.6. The van der Waals surface area contributed by atoms with Crippen LogP contribution in [0.1, 0.15) is 71.6 Å². The van der Waals surface area contributed by atoms with Crippen LogP contribution in [0.2, 0.25) is 0 Å². The molecule has 0 spiro atoms. The average molecular weight is 240 g/mol. The molecule has 2 heteroatoms. The zero-order valence-corrected chi connectivity index (χ0v) is 11.5. The number of rotatable bonds is 7. The molecule has 1 saturated carbocycles. The number of ether oxygens (including phenoxy) is 1. The normalized spacial score (nSPS) is 17.4. The molecule has 0 saturated heterocycles. The van der Waals surface area contributed by atoms with Crippen molar-refractivity contribution in [1.29, 1.82) is 0 Å². The van der Waals surface area contributed by atoms with Crippen molar-refractivity contribution in [2.24, 2.45) is 11.8 Å². The van der Waals surface area contributed by atoms with Gasteiger partial charge in [-0.2, -0.15) is 0 Å². The standard InChI is InChI=1S/C15H28O2/c1-13(2)9-5-4-8-12-17-15(16)14-10-6-3-7-11-14/h13-14H,3-12H2,1-2H3. The molecule has 17 heavy (non-hydrogen) atoms. The lowest BCUT2D eigenvalue weighted by Gasteiger charge is -2.19. The van der Waals surface area contributed by atoms with Crippen molar-refractivity contribution in [3.05, 3.63) is 0 Å². The number of carbonyl (C=O) groups is 1. The predicted octanol–water partition coefficient (Wildman–Crippen LogP) is 4.33. The smallest absolute Gasteiger partial charge is 0.308 e. The molecule has 1 fully saturated rings. The molecular formula is C15H28O2. The van der Waals surface area contributed by atoms with Gasteiger partial charge in [0.1, 0.15) is 0 Å². The Kier molecular flexibility index (Phi) is 7.30. The van der Waals surface area contributed by atoms with Crippen LogP contribution in [-0.2, 0) is 9.53 Å². The summed E-state index contributed by atoms with van der Waals surface area (Å²) < 4.78 is 5.35. The summed E-state index contributed by atoms with van der Waals surface area (Å²) in [5, 5.41) is 0. The van der Waals surface area contributed by atoms with Crippen molar-refractivity contribution >= 4 is 5.97 Å². The Morgan fingerprint density at radius 3 is 2.47 bits per heavy atom. The zero-order valence-electron chi connectivity index (χ0n) is 11.5. The second-order valence-corrected chi connectivity index (χ2v) is 5.75. The summed E-state index contributed by atoms with van der Waals surface area (Å²) in [6, 6.07) is 0. The number of unbranched alkanes of at least 4 members (excludes halogenated alkanes) is 2. The van der Waals surface area contributed by atoms with Crippen LogP contribution >= 0.6 is 0 Å². The Bertz CT molecular complexity index is 205. The third kappa shape index (κ3) is 6.70. The highest BCUT2D eigenvalue weighted by atomic mass is 16.5. The molecule has 0 aromatic heterocycles. The summed E-state index contributed by atoms with van der Waals surface area (Å²) in [4.78, 5) is 11.7. The molecule has 0 aromatic rings. The summed E-state index contributed by atoms with van der Waals surface area (Å²) in [5.74, 6) is 1.06. The van der Waals surface area contributed by atoms with Gasteiger partial charge in [-0.25, -0.2) is 0 Å². The Hall–Kier alpha value is -0.530. The summed E-state index contributed by atoms with van der Waals surface area (Å²) in [7, 11) is 0. The molecule has 100 valence electrons. The minimum absolute atomic E-state index is 0.0635. The van der Waals surface area contributed by atoms with Gasteiger partial charge in [0.05, 0.1) is 12.5 Å². The van der Waals surface area contributed by atoms with Crippen molar-refractivity contribution in [3.8, 4) is 0 Å². The van der Waals surface area contributed by atoms with E-state index in [0.717, 1.165) is 25.2 Å². The molecule has 0 heterocycles. The first-order chi connectivity index (χ1) is 8.20. The Balaban J connectivity index is 1.96. The van der Waals surface area contributed by atoms with E-state index in [0.29, 0.717) is 6.61 Å². The van der Waals surface area contributed by atoms with Crippen molar-refractivity contribution < 1.29 is 9.53 Å². The number of esters is 1. The van der Waals surface area contributed by atoms with E-state index in [2.05, 4.69) is 13.8 Å². The molecule has 0 radical (unpaired) electrons. The summed E-state index contributed by atoms with van der Waals surface area (Å²) in [6.45, 7) is 5.14. The van der Waals surface area contributed by atoms with E-state index in [1.165, 1.54) is 38.5 Å². The van der Waals surface area contributed by atoms with Crippen LogP contribution in [0.15, 0.2) is 0 Å². The average Bonchev–Trinajstić information content (AvgIpc) is 2.34. The molecule has 0 amide bonds. The van der Waals surface area contributed by atoms with Gasteiger partial charge in [0.2, 0.25) is 0 Å². The largest absolute Gasteiger partial charge is 0.465 e. The van der Waals surface area contributed by atoms with Crippen LogP contribution in [-0.4, -0.2) is 12.6 Å². The minimum atomic E-state index is 0.0635. The molecule has 0 atom stereocenters. The maximum atomic E-state index is 11.7. The number of hydrogen-bond acceptors (Lipinski definition) is 2. The fourth-order valence-electron chi connectivity index (χ4n) is 2.46. The van der Waals surface area contributed by atoms with Crippen LogP contribution in [0.3, 0.4) is 0 Å². The molecule has 0 N–H and O–H groups in total. The number of hydrogen-bond donors (Lipinski definition) is 0. The van der Waals surface area contributed by atoms with Gasteiger partial charge in [0.15, 0.2) is 0 Å². The van der Waals surface area contributed by atoms with Gasteiger partial charge in [0.25, 0.3) is 0 Å². The Morgan fingerprint density at radius 1 is 1.12 bits per heavy atom. The van der Waals surface area contributed by atoms with E-state index in [-0.39, 0.29) is 11.9 Å². The molecule has 0 aliphatic heterocycles. The Labute approximate surface area is 106 Å². The first kappa shape index (κ1) is 14.5.